The molecule has 1 aromatic heterocycles. The number of amides is 3. The number of fused-ring (bicyclic) bond motifs is 1. The van der Waals surface area contributed by atoms with Crippen LogP contribution in [-0.4, -0.2) is 87.1 Å². The minimum Gasteiger partial charge on any atom is -0.481 e. The molecule has 3 amide bonds. The fourth-order valence-electron chi connectivity index (χ4n) is 3.24. The molecular weight excluding hydrogens is 535 g/mol. The lowest BCUT2D eigenvalue weighted by atomic mass is 9.89. The van der Waals surface area contributed by atoms with Crippen LogP contribution in [0.3, 0.4) is 0 Å². The number of nitrogens with zero attached hydrogens (tertiary/aromatic N) is 3. The molecule has 3 N–H and O–H groups in total. The molecule has 0 aromatic carbocycles. The van der Waals surface area contributed by atoms with Gasteiger partial charge in [0.05, 0.1) is 0 Å². The van der Waals surface area contributed by atoms with Crippen LogP contribution in [0.2, 0.25) is 0 Å². The van der Waals surface area contributed by atoms with Crippen molar-refractivity contribution >= 4 is 69.4 Å². The van der Waals surface area contributed by atoms with Gasteiger partial charge in [-0.05, 0) is 5.41 Å². The number of hydrogen-bond donors (Lipinski definition) is 3. The highest BCUT2D eigenvalue weighted by Gasteiger charge is 2.57. The van der Waals surface area contributed by atoms with Crippen LogP contribution in [0.5, 0.6) is 0 Å². The Balaban J connectivity index is 1.69. The van der Waals surface area contributed by atoms with Crippen LogP contribution in [-0.2, 0) is 24.0 Å². The van der Waals surface area contributed by atoms with E-state index in [1.54, 1.807) is 5.32 Å². The van der Waals surface area contributed by atoms with Crippen molar-refractivity contribution in [1.29, 1.82) is 0 Å². The van der Waals surface area contributed by atoms with Crippen LogP contribution in [0.25, 0.3) is 0 Å². The largest absolute Gasteiger partial charge is 0.481 e. The molecule has 2 saturated heterocycles. The molecule has 0 bridgehead atoms. The number of nitrogens with one attached hydrogen (secondary N) is 2. The molecule has 11 nitrogen and oxygen atoms in total. The normalized spacial score (nSPS) is 24.2. The van der Waals surface area contributed by atoms with Gasteiger partial charge in [0.1, 0.15) is 29.6 Å². The first kappa shape index (κ1) is 26.8. The average Bonchev–Trinajstić information content (AvgIpc) is 3.26. The first-order valence-corrected chi connectivity index (χ1v) is 12.6. The quantitative estimate of drug-likeness (QED) is 0.234. The lowest BCUT2D eigenvalue weighted by Gasteiger charge is -2.53. The minimum atomic E-state index is -5.12. The highest BCUT2D eigenvalue weighted by Crippen LogP contribution is 2.43. The number of carbonyl (C=O) groups excluding carboxylic acids is 3. The molecule has 0 radical (unpaired) electrons. The van der Waals surface area contributed by atoms with Crippen molar-refractivity contribution in [3.8, 4) is 0 Å². The second-order valence-electron chi connectivity index (χ2n) is 7.29. The minimum absolute atomic E-state index is 0.0284. The summed E-state index contributed by atoms with van der Waals surface area (Å²) in [6.45, 7) is 3.54. The van der Waals surface area contributed by atoms with Crippen molar-refractivity contribution in [2.45, 2.75) is 17.6 Å². The molecule has 2 fully saturated rings. The molecule has 190 valence electrons. The van der Waals surface area contributed by atoms with Gasteiger partial charge in [-0.2, -0.15) is 13.2 Å². The molecule has 2 aliphatic rings. The number of thioether (sulfide) groups is 2. The lowest BCUT2D eigenvalue weighted by Crippen LogP contribution is -2.74. The van der Waals surface area contributed by atoms with Gasteiger partial charge < -0.3 is 20.2 Å². The zero-order valence-electron chi connectivity index (χ0n) is 17.8. The Hall–Kier alpha value is -2.79. The highest BCUT2D eigenvalue weighted by atomic mass is 32.2. The number of thiazole rings is 1. The zero-order chi connectivity index (χ0) is 26.0. The van der Waals surface area contributed by atoms with E-state index in [2.05, 4.69) is 26.9 Å². The summed E-state index contributed by atoms with van der Waals surface area (Å²) in [5.41, 5.74) is -1.77. The van der Waals surface area contributed by atoms with E-state index in [9.17, 15) is 37.5 Å². The number of oxime groups is 1. The molecule has 3 rings (SSSR count). The van der Waals surface area contributed by atoms with Crippen LogP contribution in [0, 0.1) is 5.41 Å². The SMILES string of the molecule is C=CSCC1(C(=O)O)CS[C@@H]2C(NC(=O)C(=NOC)c3csc(NC(=O)C(F)(F)F)n3)C(=O)N2C1. The van der Waals surface area contributed by atoms with E-state index in [1.165, 1.54) is 39.2 Å². The number of β-lactam (4-membered cyclic amide) rings is 1. The van der Waals surface area contributed by atoms with Crippen molar-refractivity contribution in [3.63, 3.8) is 0 Å². The number of carboxylic acid groups (broad SMARTS) is 1. The van der Waals surface area contributed by atoms with Crippen LogP contribution in [0.15, 0.2) is 22.5 Å². The van der Waals surface area contributed by atoms with Gasteiger partial charge in [-0.15, -0.1) is 34.9 Å². The van der Waals surface area contributed by atoms with Crippen molar-refractivity contribution in [3.05, 3.63) is 23.1 Å². The summed E-state index contributed by atoms with van der Waals surface area (Å²) >= 11 is 3.07. The van der Waals surface area contributed by atoms with Gasteiger partial charge in [0.15, 0.2) is 10.8 Å². The number of carboxylic acids is 1. The second-order valence-corrected chi connectivity index (χ2v) is 10.2. The van der Waals surface area contributed by atoms with Gasteiger partial charge in [-0.3, -0.25) is 24.5 Å². The number of halogens is 3. The summed E-state index contributed by atoms with van der Waals surface area (Å²) < 4.78 is 37.3. The van der Waals surface area contributed by atoms with E-state index in [0.29, 0.717) is 11.3 Å². The van der Waals surface area contributed by atoms with E-state index in [0.717, 1.165) is 7.11 Å². The topological polar surface area (TPSA) is 150 Å². The fraction of sp³-hybridized carbons (Fsp3) is 0.444. The number of carbonyl (C=O) groups is 4. The molecule has 17 heteroatoms. The number of alkyl halides is 3. The standard InChI is InChI=1S/C18H18F3N5O6S3/c1-3-33-6-17(15(30)31)5-26-12(28)10(13(26)35-7-17)23-11(27)9(25-32-2)8-4-34-16(22-8)24-14(29)18(19,20)21/h3-4,10,13H,1,5-7H2,2H3,(H,23,27)(H,30,31)(H,22,24,29)/t10?,13-,17?/m1/s1. The van der Waals surface area contributed by atoms with E-state index in [4.69, 9.17) is 0 Å². The summed E-state index contributed by atoms with van der Waals surface area (Å²) in [5, 5.41) is 19.1. The van der Waals surface area contributed by atoms with Crippen molar-refractivity contribution < 1.29 is 42.3 Å². The molecule has 3 atom stereocenters. The first-order valence-electron chi connectivity index (χ1n) is 9.57. The Labute approximate surface area is 208 Å². The molecule has 3 heterocycles. The van der Waals surface area contributed by atoms with E-state index in [-0.39, 0.29) is 23.7 Å². The Morgan fingerprint density at radius 1 is 1.49 bits per heavy atom. The van der Waals surface area contributed by atoms with Gasteiger partial charge in [-0.25, -0.2) is 4.98 Å². The Bertz CT molecular complexity index is 1080. The predicted molar refractivity (Wildman–Crippen MR) is 123 cm³/mol. The molecular formula is C18H18F3N5O6S3. The smallest absolute Gasteiger partial charge is 0.471 e. The third kappa shape index (κ3) is 5.56. The van der Waals surface area contributed by atoms with Crippen LogP contribution in [0.1, 0.15) is 5.69 Å². The molecule has 2 unspecified atom stereocenters. The summed E-state index contributed by atoms with van der Waals surface area (Å²) in [4.78, 5) is 58.2. The average molecular weight is 554 g/mol. The molecule has 2 aliphatic heterocycles. The molecule has 0 aliphatic carbocycles. The maximum Gasteiger partial charge on any atom is 0.471 e. The second kappa shape index (κ2) is 10.4. The summed E-state index contributed by atoms with van der Waals surface area (Å²) in [6, 6.07) is -0.976. The monoisotopic (exact) mass is 553 g/mol. The third-order valence-corrected chi connectivity index (χ3v) is 8.29. The number of aliphatic carboxylic acids is 1. The van der Waals surface area contributed by atoms with Gasteiger partial charge in [0.2, 0.25) is 5.91 Å². The maximum absolute atomic E-state index is 12.8. The first-order chi connectivity index (χ1) is 16.4. The fourth-order valence-corrected chi connectivity index (χ4v) is 6.35. The summed E-state index contributed by atoms with van der Waals surface area (Å²) in [5.74, 6) is -4.21. The molecule has 0 saturated carbocycles. The van der Waals surface area contributed by atoms with Gasteiger partial charge in [0.25, 0.3) is 5.91 Å². The highest BCUT2D eigenvalue weighted by molar-refractivity contribution is 8.02. The van der Waals surface area contributed by atoms with Crippen molar-refractivity contribution in [2.24, 2.45) is 10.6 Å². The van der Waals surface area contributed by atoms with Crippen molar-refractivity contribution in [1.82, 2.24) is 15.2 Å². The number of rotatable bonds is 9. The van der Waals surface area contributed by atoms with Crippen LogP contribution < -0.4 is 10.6 Å². The van der Waals surface area contributed by atoms with E-state index >= 15 is 0 Å². The number of anilines is 1. The predicted octanol–water partition coefficient (Wildman–Crippen LogP) is 1.34. The molecule has 1 aromatic rings. The Morgan fingerprint density at radius 2 is 2.20 bits per heavy atom. The number of aromatic nitrogens is 1. The molecule has 35 heavy (non-hydrogen) atoms. The van der Waals surface area contributed by atoms with Crippen LogP contribution >= 0.6 is 34.9 Å². The van der Waals surface area contributed by atoms with Gasteiger partial charge in [-0.1, -0.05) is 11.7 Å². The van der Waals surface area contributed by atoms with E-state index in [1.807, 2.05) is 0 Å². The van der Waals surface area contributed by atoms with Crippen molar-refractivity contribution in [2.75, 3.05) is 30.5 Å². The Morgan fingerprint density at radius 3 is 2.80 bits per heavy atom. The van der Waals surface area contributed by atoms with E-state index < -0.39 is 57.5 Å². The van der Waals surface area contributed by atoms with Gasteiger partial charge in [0, 0.05) is 23.4 Å². The molecule has 0 spiro atoms. The summed E-state index contributed by atoms with van der Waals surface area (Å²) in [6.07, 6.45) is -5.12. The van der Waals surface area contributed by atoms with Gasteiger partial charge >= 0.3 is 18.1 Å². The Kier molecular flexibility index (Phi) is 8.00. The lowest BCUT2D eigenvalue weighted by molar-refractivity contribution is -0.167. The number of hydrogen-bond acceptors (Lipinski definition) is 10. The summed E-state index contributed by atoms with van der Waals surface area (Å²) in [7, 11) is 1.13. The van der Waals surface area contributed by atoms with Crippen LogP contribution in [0.4, 0.5) is 18.3 Å². The zero-order valence-corrected chi connectivity index (χ0v) is 20.3. The third-order valence-electron chi connectivity index (χ3n) is 4.98. The maximum atomic E-state index is 12.8.